The molecule has 0 saturated heterocycles. The second kappa shape index (κ2) is 9.68. The Bertz CT molecular complexity index is 1210. The largest absolute Gasteiger partial charge is 0.351 e. The Kier molecular flexibility index (Phi) is 6.46. The SMILES string of the molecule is C[C@@]1(C(=O)NC2CCCCCC2)Cn2c(ccc2-c2ccccc2)C(=O)N1Cc1ccccc1F. The predicted molar refractivity (Wildman–Crippen MR) is 134 cm³/mol. The molecule has 0 radical (unpaired) electrons. The van der Waals surface area contributed by atoms with Gasteiger partial charge in [0.15, 0.2) is 0 Å². The summed E-state index contributed by atoms with van der Waals surface area (Å²) in [7, 11) is 0. The highest BCUT2D eigenvalue weighted by Crippen LogP contribution is 2.34. The normalized spacial score (nSPS) is 20.9. The molecule has 6 heteroatoms. The molecule has 1 aliphatic carbocycles. The summed E-state index contributed by atoms with van der Waals surface area (Å²) in [6.45, 7) is 2.15. The number of nitrogens with zero attached hydrogens (tertiary/aromatic N) is 2. The average molecular weight is 474 g/mol. The first-order valence-corrected chi connectivity index (χ1v) is 12.6. The van der Waals surface area contributed by atoms with Crippen LogP contribution >= 0.6 is 0 Å². The molecule has 2 aliphatic rings. The van der Waals surface area contributed by atoms with E-state index in [1.807, 2.05) is 54.0 Å². The second-order valence-electron chi connectivity index (χ2n) is 9.97. The third kappa shape index (κ3) is 4.49. The summed E-state index contributed by atoms with van der Waals surface area (Å²) >= 11 is 0. The topological polar surface area (TPSA) is 54.3 Å². The van der Waals surface area contributed by atoms with Gasteiger partial charge in [-0.3, -0.25) is 9.59 Å². The fourth-order valence-corrected chi connectivity index (χ4v) is 5.44. The lowest BCUT2D eigenvalue weighted by atomic mass is 9.92. The van der Waals surface area contributed by atoms with Crippen molar-refractivity contribution in [3.05, 3.63) is 83.8 Å². The third-order valence-corrected chi connectivity index (χ3v) is 7.54. The molecular weight excluding hydrogens is 441 g/mol. The molecule has 1 N–H and O–H groups in total. The maximum atomic E-state index is 14.6. The lowest BCUT2D eigenvalue weighted by Crippen LogP contribution is -2.64. The molecule has 1 aromatic heterocycles. The number of nitrogens with one attached hydrogen (secondary N) is 1. The molecule has 0 spiro atoms. The molecule has 3 aromatic rings. The monoisotopic (exact) mass is 473 g/mol. The first-order valence-electron chi connectivity index (χ1n) is 12.6. The van der Waals surface area contributed by atoms with Crippen LogP contribution in [0.4, 0.5) is 4.39 Å². The highest BCUT2D eigenvalue weighted by Gasteiger charge is 2.48. The van der Waals surface area contributed by atoms with Gasteiger partial charge in [0, 0.05) is 17.3 Å². The van der Waals surface area contributed by atoms with Gasteiger partial charge in [0.2, 0.25) is 5.91 Å². The van der Waals surface area contributed by atoms with Crippen molar-refractivity contribution in [2.75, 3.05) is 0 Å². The smallest absolute Gasteiger partial charge is 0.271 e. The minimum atomic E-state index is -1.17. The average Bonchev–Trinajstić information content (AvgIpc) is 3.11. The standard InChI is InChI=1S/C29H32FN3O2/c1-29(28(35)31-23-14-7-2-3-8-15-23)20-32-25(21-11-5-4-6-12-21)17-18-26(32)27(34)33(29)19-22-13-9-10-16-24(22)30/h4-6,9-13,16-18,23H,2-3,7-8,14-15,19-20H2,1H3,(H,31,35)/t29-/m0/s1. The quantitative estimate of drug-likeness (QED) is 0.494. The third-order valence-electron chi connectivity index (χ3n) is 7.54. The highest BCUT2D eigenvalue weighted by molar-refractivity contribution is 6.00. The van der Waals surface area contributed by atoms with E-state index in [9.17, 15) is 14.0 Å². The number of benzene rings is 2. The molecular formula is C29H32FN3O2. The molecule has 1 atom stereocenters. The van der Waals surface area contributed by atoms with E-state index in [0.29, 0.717) is 17.8 Å². The predicted octanol–water partition coefficient (Wildman–Crippen LogP) is 5.55. The van der Waals surface area contributed by atoms with Gasteiger partial charge in [-0.2, -0.15) is 0 Å². The van der Waals surface area contributed by atoms with Crippen LogP contribution in [0.25, 0.3) is 11.3 Å². The Morgan fingerprint density at radius 3 is 2.31 bits per heavy atom. The Hall–Kier alpha value is -3.41. The lowest BCUT2D eigenvalue weighted by molar-refractivity contribution is -0.134. The summed E-state index contributed by atoms with van der Waals surface area (Å²) in [5.41, 5.74) is 1.63. The summed E-state index contributed by atoms with van der Waals surface area (Å²) in [6, 6.07) is 20.2. The van der Waals surface area contributed by atoms with Gasteiger partial charge >= 0.3 is 0 Å². The van der Waals surface area contributed by atoms with Crippen LogP contribution in [0.5, 0.6) is 0 Å². The van der Waals surface area contributed by atoms with Gasteiger partial charge in [-0.15, -0.1) is 0 Å². The fourth-order valence-electron chi connectivity index (χ4n) is 5.44. The maximum absolute atomic E-state index is 14.6. The Morgan fingerprint density at radius 1 is 0.943 bits per heavy atom. The second-order valence-corrected chi connectivity index (χ2v) is 9.97. The number of amides is 2. The van der Waals surface area contributed by atoms with E-state index >= 15 is 0 Å². The van der Waals surface area contributed by atoms with Crippen LogP contribution in [0.3, 0.4) is 0 Å². The van der Waals surface area contributed by atoms with Gasteiger partial charge in [-0.25, -0.2) is 4.39 Å². The van der Waals surface area contributed by atoms with Crippen LogP contribution in [-0.4, -0.2) is 32.9 Å². The summed E-state index contributed by atoms with van der Waals surface area (Å²) < 4.78 is 16.6. The van der Waals surface area contributed by atoms with E-state index in [0.717, 1.165) is 36.9 Å². The van der Waals surface area contributed by atoms with Crippen molar-refractivity contribution >= 4 is 11.8 Å². The molecule has 2 amide bonds. The number of halogens is 1. The van der Waals surface area contributed by atoms with Crippen LogP contribution in [-0.2, 0) is 17.9 Å². The van der Waals surface area contributed by atoms with Gasteiger partial charge in [0.1, 0.15) is 17.1 Å². The van der Waals surface area contributed by atoms with Crippen LogP contribution in [0, 0.1) is 5.82 Å². The van der Waals surface area contributed by atoms with Crippen molar-refractivity contribution in [1.29, 1.82) is 0 Å². The molecule has 5 rings (SSSR count). The number of aromatic nitrogens is 1. The van der Waals surface area contributed by atoms with E-state index in [1.54, 1.807) is 23.1 Å². The van der Waals surface area contributed by atoms with Crippen molar-refractivity contribution in [2.24, 2.45) is 0 Å². The Labute approximate surface area is 205 Å². The summed E-state index contributed by atoms with van der Waals surface area (Å²) in [5.74, 6) is -0.814. The van der Waals surface area contributed by atoms with Gasteiger partial charge in [-0.1, -0.05) is 74.2 Å². The minimum absolute atomic E-state index is 0.0337. The van der Waals surface area contributed by atoms with E-state index in [4.69, 9.17) is 0 Å². The van der Waals surface area contributed by atoms with E-state index in [2.05, 4.69) is 5.32 Å². The van der Waals surface area contributed by atoms with Crippen molar-refractivity contribution in [1.82, 2.24) is 14.8 Å². The first-order chi connectivity index (χ1) is 17.0. The van der Waals surface area contributed by atoms with Crippen LogP contribution < -0.4 is 5.32 Å². The molecule has 0 unspecified atom stereocenters. The van der Waals surface area contributed by atoms with Crippen LogP contribution in [0.2, 0.25) is 0 Å². The fraction of sp³-hybridized carbons (Fsp3) is 0.379. The molecule has 1 fully saturated rings. The minimum Gasteiger partial charge on any atom is -0.351 e. The van der Waals surface area contributed by atoms with E-state index < -0.39 is 5.54 Å². The summed E-state index contributed by atoms with van der Waals surface area (Å²) in [4.78, 5) is 29.3. The first kappa shape index (κ1) is 23.3. The van der Waals surface area contributed by atoms with Crippen molar-refractivity contribution < 1.29 is 14.0 Å². The molecule has 1 aliphatic heterocycles. The number of rotatable bonds is 5. The zero-order chi connectivity index (χ0) is 24.4. The molecule has 5 nitrogen and oxygen atoms in total. The number of carbonyl (C=O) groups excluding carboxylic acids is 2. The molecule has 2 heterocycles. The molecule has 2 aromatic carbocycles. The van der Waals surface area contributed by atoms with Gasteiger partial charge in [0.25, 0.3) is 5.91 Å². The Morgan fingerprint density at radius 2 is 1.60 bits per heavy atom. The molecule has 0 bridgehead atoms. The number of fused-ring (bicyclic) bond motifs is 1. The Balaban J connectivity index is 1.54. The highest BCUT2D eigenvalue weighted by atomic mass is 19.1. The van der Waals surface area contributed by atoms with Crippen molar-refractivity contribution in [3.63, 3.8) is 0 Å². The van der Waals surface area contributed by atoms with Gasteiger partial charge < -0.3 is 14.8 Å². The number of hydrogen-bond acceptors (Lipinski definition) is 2. The van der Waals surface area contributed by atoms with Crippen LogP contribution in [0.15, 0.2) is 66.7 Å². The van der Waals surface area contributed by atoms with Crippen LogP contribution in [0.1, 0.15) is 61.5 Å². The molecule has 35 heavy (non-hydrogen) atoms. The number of carbonyl (C=O) groups is 2. The number of hydrogen-bond donors (Lipinski definition) is 1. The van der Waals surface area contributed by atoms with E-state index in [-0.39, 0.29) is 30.2 Å². The molecule has 1 saturated carbocycles. The maximum Gasteiger partial charge on any atom is 0.271 e. The molecule has 182 valence electrons. The van der Waals surface area contributed by atoms with Crippen molar-refractivity contribution in [2.45, 2.75) is 70.1 Å². The van der Waals surface area contributed by atoms with E-state index in [1.165, 1.54) is 18.9 Å². The summed E-state index contributed by atoms with van der Waals surface area (Å²) in [6.07, 6.45) is 6.47. The zero-order valence-corrected chi connectivity index (χ0v) is 20.2. The van der Waals surface area contributed by atoms with Crippen molar-refractivity contribution in [3.8, 4) is 11.3 Å². The van der Waals surface area contributed by atoms with Gasteiger partial charge in [-0.05, 0) is 43.5 Å². The summed E-state index contributed by atoms with van der Waals surface area (Å²) in [5, 5.41) is 3.26. The zero-order valence-electron chi connectivity index (χ0n) is 20.2. The van der Waals surface area contributed by atoms with Gasteiger partial charge in [0.05, 0.1) is 13.1 Å². The lowest BCUT2D eigenvalue weighted by Gasteiger charge is -2.45.